The van der Waals surface area contributed by atoms with Crippen molar-refractivity contribution < 1.29 is 0 Å². The molecule has 3 heterocycles. The number of H-pyrrole nitrogens is 1. The molecular formula is C26H26N4O. The zero-order chi connectivity index (χ0) is 21.4. The largest absolute Gasteiger partial charge is 0.375 e. The molecule has 31 heavy (non-hydrogen) atoms. The van der Waals surface area contributed by atoms with Crippen LogP contribution in [0.2, 0.25) is 0 Å². The van der Waals surface area contributed by atoms with Gasteiger partial charge in [-0.05, 0) is 54.4 Å². The maximum atomic E-state index is 12.8. The molecule has 0 radical (unpaired) electrons. The van der Waals surface area contributed by atoms with Crippen molar-refractivity contribution in [1.82, 2.24) is 15.3 Å². The lowest BCUT2D eigenvalue weighted by molar-refractivity contribution is 0.638. The summed E-state index contributed by atoms with van der Waals surface area (Å²) in [5, 5.41) is 8.68. The minimum Gasteiger partial charge on any atom is -0.375 e. The highest BCUT2D eigenvalue weighted by Crippen LogP contribution is 2.47. The van der Waals surface area contributed by atoms with Crippen LogP contribution in [0.15, 0.2) is 71.7 Å². The van der Waals surface area contributed by atoms with Crippen LogP contribution in [0.5, 0.6) is 0 Å². The molecule has 156 valence electrons. The molecule has 2 atom stereocenters. The third-order valence-corrected chi connectivity index (χ3v) is 6.20. The Morgan fingerprint density at radius 3 is 2.58 bits per heavy atom. The Hall–Kier alpha value is -3.44. The number of benzene rings is 2. The van der Waals surface area contributed by atoms with Crippen LogP contribution in [0.3, 0.4) is 0 Å². The molecule has 5 rings (SSSR count). The molecule has 0 aliphatic carbocycles. The fourth-order valence-electron chi connectivity index (χ4n) is 4.82. The SMILES string of the molecule is CCc1[nH]c(=O)c2cccc3c2c1C(c1ccc(CNC)cc1)C(c1ccccn1)N3. The highest BCUT2D eigenvalue weighted by atomic mass is 16.1. The molecule has 2 unspecified atom stereocenters. The van der Waals surface area contributed by atoms with Gasteiger partial charge in [0.2, 0.25) is 0 Å². The molecule has 5 heteroatoms. The predicted octanol–water partition coefficient (Wildman–Crippen LogP) is 4.50. The number of hydrogen-bond donors (Lipinski definition) is 3. The number of anilines is 1. The molecule has 5 nitrogen and oxygen atoms in total. The van der Waals surface area contributed by atoms with E-state index in [4.69, 9.17) is 4.98 Å². The Bertz CT molecular complexity index is 1280. The summed E-state index contributed by atoms with van der Waals surface area (Å²) < 4.78 is 0. The predicted molar refractivity (Wildman–Crippen MR) is 126 cm³/mol. The van der Waals surface area contributed by atoms with Gasteiger partial charge in [-0.3, -0.25) is 9.78 Å². The van der Waals surface area contributed by atoms with Gasteiger partial charge in [-0.1, -0.05) is 43.3 Å². The van der Waals surface area contributed by atoms with E-state index >= 15 is 0 Å². The molecule has 3 N–H and O–H groups in total. The molecule has 1 aliphatic rings. The van der Waals surface area contributed by atoms with E-state index in [0.717, 1.165) is 40.8 Å². The lowest BCUT2D eigenvalue weighted by Crippen LogP contribution is -2.29. The Kier molecular flexibility index (Phi) is 5.04. The standard InChI is InChI=1S/C26H26N4O/c1-3-19-24-22(17-12-10-16(11-13-17)15-27-2)25(21-8-4-5-14-28-21)29-20-9-6-7-18(23(20)24)26(31)30-19/h4-14,22,25,27,29H,3,15H2,1-2H3,(H,30,31). The maximum Gasteiger partial charge on any atom is 0.256 e. The van der Waals surface area contributed by atoms with E-state index in [1.807, 2.05) is 37.5 Å². The van der Waals surface area contributed by atoms with Crippen molar-refractivity contribution in [1.29, 1.82) is 0 Å². The van der Waals surface area contributed by atoms with E-state index in [1.165, 1.54) is 16.7 Å². The number of rotatable bonds is 5. The first-order valence-corrected chi connectivity index (χ1v) is 10.8. The van der Waals surface area contributed by atoms with E-state index < -0.39 is 0 Å². The van der Waals surface area contributed by atoms with Gasteiger partial charge in [-0.2, -0.15) is 0 Å². The Balaban J connectivity index is 1.79. The number of pyridine rings is 2. The number of nitrogens with zero attached hydrogens (tertiary/aromatic N) is 1. The van der Waals surface area contributed by atoms with Gasteiger partial charge in [-0.15, -0.1) is 0 Å². The quantitative estimate of drug-likeness (QED) is 0.453. The van der Waals surface area contributed by atoms with Gasteiger partial charge in [0, 0.05) is 40.8 Å². The third-order valence-electron chi connectivity index (χ3n) is 6.20. The average Bonchev–Trinajstić information content (AvgIpc) is 2.82. The van der Waals surface area contributed by atoms with Crippen molar-refractivity contribution in [3.8, 4) is 0 Å². The van der Waals surface area contributed by atoms with E-state index in [9.17, 15) is 4.79 Å². The Labute approximate surface area is 181 Å². The van der Waals surface area contributed by atoms with Crippen LogP contribution in [0.25, 0.3) is 10.8 Å². The van der Waals surface area contributed by atoms with Crippen molar-refractivity contribution in [2.75, 3.05) is 12.4 Å². The van der Waals surface area contributed by atoms with Crippen LogP contribution in [-0.4, -0.2) is 17.0 Å². The second kappa shape index (κ2) is 8.00. The summed E-state index contributed by atoms with van der Waals surface area (Å²) in [6.07, 6.45) is 2.60. The number of aryl methyl sites for hydroxylation is 1. The van der Waals surface area contributed by atoms with Crippen molar-refractivity contribution in [2.24, 2.45) is 0 Å². The number of aromatic nitrogens is 2. The summed E-state index contributed by atoms with van der Waals surface area (Å²) in [6.45, 7) is 2.93. The molecule has 0 bridgehead atoms. The lowest BCUT2D eigenvalue weighted by atomic mass is 9.77. The van der Waals surface area contributed by atoms with E-state index in [2.05, 4.69) is 58.9 Å². The van der Waals surface area contributed by atoms with Crippen molar-refractivity contribution in [3.63, 3.8) is 0 Å². The van der Waals surface area contributed by atoms with Crippen LogP contribution in [0.1, 0.15) is 47.0 Å². The number of nitrogens with one attached hydrogen (secondary N) is 3. The van der Waals surface area contributed by atoms with Crippen LogP contribution in [-0.2, 0) is 13.0 Å². The van der Waals surface area contributed by atoms with Crippen molar-refractivity contribution in [2.45, 2.75) is 31.8 Å². The summed E-state index contributed by atoms with van der Waals surface area (Å²) >= 11 is 0. The van der Waals surface area contributed by atoms with Gasteiger partial charge in [0.1, 0.15) is 0 Å². The molecule has 2 aromatic heterocycles. The van der Waals surface area contributed by atoms with E-state index in [0.29, 0.717) is 0 Å². The second-order valence-electron chi connectivity index (χ2n) is 8.05. The van der Waals surface area contributed by atoms with Gasteiger partial charge >= 0.3 is 0 Å². The summed E-state index contributed by atoms with van der Waals surface area (Å²) in [7, 11) is 1.96. The van der Waals surface area contributed by atoms with E-state index in [-0.39, 0.29) is 17.5 Å². The van der Waals surface area contributed by atoms with Gasteiger partial charge < -0.3 is 15.6 Å². The molecule has 0 amide bonds. The van der Waals surface area contributed by atoms with Gasteiger partial charge in [0.05, 0.1) is 11.7 Å². The molecule has 4 aromatic rings. The van der Waals surface area contributed by atoms with Crippen LogP contribution in [0.4, 0.5) is 5.69 Å². The van der Waals surface area contributed by atoms with Crippen molar-refractivity contribution >= 4 is 16.5 Å². The Morgan fingerprint density at radius 2 is 1.87 bits per heavy atom. The molecule has 1 aliphatic heterocycles. The van der Waals surface area contributed by atoms with Crippen LogP contribution in [0, 0.1) is 0 Å². The highest BCUT2D eigenvalue weighted by molar-refractivity contribution is 5.98. The van der Waals surface area contributed by atoms with Crippen LogP contribution < -0.4 is 16.2 Å². The van der Waals surface area contributed by atoms with Crippen LogP contribution >= 0.6 is 0 Å². The first-order chi connectivity index (χ1) is 15.2. The number of aromatic amines is 1. The zero-order valence-corrected chi connectivity index (χ0v) is 17.8. The first-order valence-electron chi connectivity index (χ1n) is 10.8. The average molecular weight is 411 g/mol. The highest BCUT2D eigenvalue weighted by Gasteiger charge is 2.35. The zero-order valence-electron chi connectivity index (χ0n) is 17.8. The lowest BCUT2D eigenvalue weighted by Gasteiger charge is -2.36. The second-order valence-corrected chi connectivity index (χ2v) is 8.05. The minimum absolute atomic E-state index is 0.0290. The smallest absolute Gasteiger partial charge is 0.256 e. The molecule has 0 saturated carbocycles. The molecular weight excluding hydrogens is 384 g/mol. The summed E-state index contributed by atoms with van der Waals surface area (Å²) in [5.74, 6) is 0.0303. The fourth-order valence-corrected chi connectivity index (χ4v) is 4.82. The van der Waals surface area contributed by atoms with E-state index in [1.54, 1.807) is 0 Å². The fraction of sp³-hybridized carbons (Fsp3) is 0.231. The third kappa shape index (κ3) is 3.31. The summed E-state index contributed by atoms with van der Waals surface area (Å²) in [4.78, 5) is 20.7. The maximum absolute atomic E-state index is 12.8. The molecule has 0 fully saturated rings. The number of hydrogen-bond acceptors (Lipinski definition) is 4. The monoisotopic (exact) mass is 410 g/mol. The Morgan fingerprint density at radius 1 is 1.03 bits per heavy atom. The molecule has 0 spiro atoms. The van der Waals surface area contributed by atoms with Crippen molar-refractivity contribution in [3.05, 3.63) is 105 Å². The first kappa shape index (κ1) is 19.5. The molecule has 2 aromatic carbocycles. The summed E-state index contributed by atoms with van der Waals surface area (Å²) in [5.41, 5.74) is 6.60. The topological polar surface area (TPSA) is 69.8 Å². The summed E-state index contributed by atoms with van der Waals surface area (Å²) in [6, 6.07) is 20.7. The van der Waals surface area contributed by atoms with Gasteiger partial charge in [0.25, 0.3) is 5.56 Å². The molecule has 0 saturated heterocycles. The normalized spacial score (nSPS) is 17.5. The van der Waals surface area contributed by atoms with Gasteiger partial charge in [0.15, 0.2) is 0 Å². The minimum atomic E-state index is -0.0364. The van der Waals surface area contributed by atoms with Gasteiger partial charge in [-0.25, -0.2) is 0 Å².